The molecule has 1 aliphatic rings. The van der Waals surface area contributed by atoms with Crippen LogP contribution in [0.25, 0.3) is 0 Å². The number of carbonyl (C=O) groups is 2. The van der Waals surface area contributed by atoms with Crippen molar-refractivity contribution in [1.29, 1.82) is 5.26 Å². The van der Waals surface area contributed by atoms with Gasteiger partial charge in [0.05, 0.1) is 24.6 Å². The number of hydrogen-bond acceptors (Lipinski definition) is 4. The zero-order chi connectivity index (χ0) is 14.6. The minimum Gasteiger partial charge on any atom is -0.481 e. The van der Waals surface area contributed by atoms with Gasteiger partial charge in [-0.15, -0.1) is 0 Å². The molecule has 1 amide bonds. The Bertz CT molecular complexity index is 402. The summed E-state index contributed by atoms with van der Waals surface area (Å²) in [4.78, 5) is 25.1. The maximum absolute atomic E-state index is 12.2. The molecule has 6 heteroatoms. The number of nitrogens with zero attached hydrogens (tertiary/aromatic N) is 2. The second kappa shape index (κ2) is 6.02. The third-order valence-electron chi connectivity index (χ3n) is 3.84. The van der Waals surface area contributed by atoms with Crippen molar-refractivity contribution >= 4 is 11.9 Å². The van der Waals surface area contributed by atoms with E-state index in [-0.39, 0.29) is 24.8 Å². The van der Waals surface area contributed by atoms with Gasteiger partial charge in [-0.3, -0.25) is 9.59 Å². The Labute approximate surface area is 112 Å². The molecule has 106 valence electrons. The second-order valence-corrected chi connectivity index (χ2v) is 5.38. The summed E-state index contributed by atoms with van der Waals surface area (Å²) in [6, 6.07) is 1.96. The summed E-state index contributed by atoms with van der Waals surface area (Å²) >= 11 is 0. The zero-order valence-electron chi connectivity index (χ0n) is 11.5. The van der Waals surface area contributed by atoms with Gasteiger partial charge in [0.1, 0.15) is 0 Å². The van der Waals surface area contributed by atoms with Crippen LogP contribution in [-0.2, 0) is 14.3 Å². The molecule has 1 heterocycles. The van der Waals surface area contributed by atoms with Crippen molar-refractivity contribution in [3.63, 3.8) is 0 Å². The van der Waals surface area contributed by atoms with Crippen LogP contribution in [0.1, 0.15) is 27.2 Å². The van der Waals surface area contributed by atoms with Crippen molar-refractivity contribution in [3.8, 4) is 6.07 Å². The minimum absolute atomic E-state index is 0.0574. The molecule has 1 saturated heterocycles. The molecule has 2 unspecified atom stereocenters. The fourth-order valence-electron chi connectivity index (χ4n) is 1.91. The lowest BCUT2D eigenvalue weighted by Gasteiger charge is -2.34. The van der Waals surface area contributed by atoms with Crippen LogP contribution in [0, 0.1) is 22.7 Å². The van der Waals surface area contributed by atoms with Gasteiger partial charge >= 0.3 is 5.97 Å². The highest BCUT2D eigenvalue weighted by molar-refractivity contribution is 5.85. The van der Waals surface area contributed by atoms with Gasteiger partial charge in [-0.1, -0.05) is 13.8 Å². The van der Waals surface area contributed by atoms with Crippen molar-refractivity contribution in [1.82, 2.24) is 4.90 Å². The molecule has 6 nitrogen and oxygen atoms in total. The third-order valence-corrected chi connectivity index (χ3v) is 3.84. The normalized spacial score (nSPS) is 22.7. The SMILES string of the molecule is CC(C)C(C)(CC(=O)N1CCOC(C#N)C1)C(=O)O. The van der Waals surface area contributed by atoms with E-state index in [2.05, 4.69) is 0 Å². The number of morpholine rings is 1. The van der Waals surface area contributed by atoms with Gasteiger partial charge in [0.15, 0.2) is 6.10 Å². The van der Waals surface area contributed by atoms with Crippen LogP contribution in [0.4, 0.5) is 0 Å². The molecule has 1 fully saturated rings. The Morgan fingerprint density at radius 1 is 1.58 bits per heavy atom. The van der Waals surface area contributed by atoms with Crippen LogP contribution in [0.5, 0.6) is 0 Å². The molecule has 0 bridgehead atoms. The van der Waals surface area contributed by atoms with E-state index in [1.165, 1.54) is 4.90 Å². The highest BCUT2D eigenvalue weighted by Crippen LogP contribution is 2.32. The number of nitriles is 1. The van der Waals surface area contributed by atoms with Crippen LogP contribution < -0.4 is 0 Å². The highest BCUT2D eigenvalue weighted by atomic mass is 16.5. The number of carbonyl (C=O) groups excluding carboxylic acids is 1. The van der Waals surface area contributed by atoms with E-state index in [1.807, 2.05) is 6.07 Å². The van der Waals surface area contributed by atoms with Crippen molar-refractivity contribution < 1.29 is 19.4 Å². The van der Waals surface area contributed by atoms with Gasteiger partial charge < -0.3 is 14.7 Å². The van der Waals surface area contributed by atoms with Gasteiger partial charge in [0.25, 0.3) is 0 Å². The molecular weight excluding hydrogens is 248 g/mol. The summed E-state index contributed by atoms with van der Waals surface area (Å²) in [6.07, 6.45) is -0.675. The average Bonchev–Trinajstić information content (AvgIpc) is 2.38. The van der Waals surface area contributed by atoms with Crippen LogP contribution >= 0.6 is 0 Å². The lowest BCUT2D eigenvalue weighted by atomic mass is 9.76. The molecular formula is C13H20N2O4. The maximum Gasteiger partial charge on any atom is 0.310 e. The summed E-state index contributed by atoms with van der Waals surface area (Å²) < 4.78 is 5.16. The molecule has 0 spiro atoms. The predicted molar refractivity (Wildman–Crippen MR) is 67.1 cm³/mol. The number of hydrogen-bond donors (Lipinski definition) is 1. The standard InChI is InChI=1S/C13H20N2O4/c1-9(2)13(3,12(17)18)6-11(16)15-4-5-19-10(7-14)8-15/h9-10H,4-6,8H2,1-3H3,(H,17,18). The summed E-state index contributed by atoms with van der Waals surface area (Å²) in [7, 11) is 0. The van der Waals surface area contributed by atoms with Crippen molar-refractivity contribution in [2.75, 3.05) is 19.7 Å². The molecule has 0 aliphatic carbocycles. The van der Waals surface area contributed by atoms with Crippen LogP contribution in [0.15, 0.2) is 0 Å². The first kappa shape index (κ1) is 15.4. The molecule has 0 aromatic rings. The highest BCUT2D eigenvalue weighted by Gasteiger charge is 2.40. The van der Waals surface area contributed by atoms with E-state index < -0.39 is 17.5 Å². The largest absolute Gasteiger partial charge is 0.481 e. The summed E-state index contributed by atoms with van der Waals surface area (Å²) in [5.41, 5.74) is -1.09. The summed E-state index contributed by atoms with van der Waals surface area (Å²) in [6.45, 7) is 6.10. The van der Waals surface area contributed by atoms with Gasteiger partial charge in [0.2, 0.25) is 5.91 Å². The van der Waals surface area contributed by atoms with E-state index in [4.69, 9.17) is 10.00 Å². The molecule has 0 aromatic carbocycles. The van der Waals surface area contributed by atoms with E-state index >= 15 is 0 Å². The molecule has 1 N–H and O–H groups in total. The van der Waals surface area contributed by atoms with Gasteiger partial charge in [-0.2, -0.15) is 5.26 Å². The number of carboxylic acids is 1. The lowest BCUT2D eigenvalue weighted by Crippen LogP contribution is -2.48. The summed E-state index contributed by atoms with van der Waals surface area (Å²) in [5.74, 6) is -1.36. The Morgan fingerprint density at radius 2 is 2.21 bits per heavy atom. The molecule has 0 radical (unpaired) electrons. The molecule has 1 aliphatic heterocycles. The fraction of sp³-hybridized carbons (Fsp3) is 0.769. The molecule has 2 atom stereocenters. The van der Waals surface area contributed by atoms with Crippen LogP contribution in [-0.4, -0.2) is 47.7 Å². The Balaban J connectivity index is 2.73. The molecule has 1 rings (SSSR count). The predicted octanol–water partition coefficient (Wildman–Crippen LogP) is 0.874. The Kier molecular flexibility index (Phi) is 4.90. The lowest BCUT2D eigenvalue weighted by molar-refractivity contribution is -0.156. The van der Waals surface area contributed by atoms with E-state index in [1.54, 1.807) is 20.8 Å². The van der Waals surface area contributed by atoms with E-state index in [0.717, 1.165) is 0 Å². The number of ether oxygens (including phenoxy) is 1. The van der Waals surface area contributed by atoms with Crippen LogP contribution in [0.2, 0.25) is 0 Å². The van der Waals surface area contributed by atoms with Crippen molar-refractivity contribution in [2.45, 2.75) is 33.3 Å². The topological polar surface area (TPSA) is 90.6 Å². The smallest absolute Gasteiger partial charge is 0.310 e. The number of carboxylic acid groups (broad SMARTS) is 1. The average molecular weight is 268 g/mol. The maximum atomic E-state index is 12.2. The van der Waals surface area contributed by atoms with E-state index in [9.17, 15) is 14.7 Å². The number of amides is 1. The molecule has 0 saturated carbocycles. The summed E-state index contributed by atoms with van der Waals surface area (Å²) in [5, 5.41) is 18.1. The Morgan fingerprint density at radius 3 is 2.68 bits per heavy atom. The third kappa shape index (κ3) is 3.44. The van der Waals surface area contributed by atoms with E-state index in [0.29, 0.717) is 13.2 Å². The van der Waals surface area contributed by atoms with Gasteiger partial charge in [-0.05, 0) is 12.8 Å². The number of rotatable bonds is 4. The van der Waals surface area contributed by atoms with Crippen LogP contribution in [0.3, 0.4) is 0 Å². The monoisotopic (exact) mass is 268 g/mol. The molecule has 0 aromatic heterocycles. The Hall–Kier alpha value is -1.61. The first-order valence-corrected chi connectivity index (χ1v) is 6.33. The van der Waals surface area contributed by atoms with Gasteiger partial charge in [0, 0.05) is 13.0 Å². The number of aliphatic carboxylic acids is 1. The van der Waals surface area contributed by atoms with Gasteiger partial charge in [-0.25, -0.2) is 0 Å². The molecule has 19 heavy (non-hydrogen) atoms. The van der Waals surface area contributed by atoms with Crippen molar-refractivity contribution in [2.24, 2.45) is 11.3 Å². The minimum atomic E-state index is -1.09. The zero-order valence-corrected chi connectivity index (χ0v) is 11.5. The quantitative estimate of drug-likeness (QED) is 0.817. The fourth-order valence-corrected chi connectivity index (χ4v) is 1.91. The first-order valence-electron chi connectivity index (χ1n) is 6.33. The second-order valence-electron chi connectivity index (χ2n) is 5.38. The van der Waals surface area contributed by atoms with Crippen molar-refractivity contribution in [3.05, 3.63) is 0 Å². The first-order chi connectivity index (χ1) is 8.81.